The monoisotopic (exact) mass is 715 g/mol. The molecule has 6 aromatic rings. The lowest BCUT2D eigenvalue weighted by molar-refractivity contribution is -0.0399. The number of rotatable bonds is 5. The molecule has 0 atom stereocenters. The number of fused-ring (bicyclic) bond motifs is 4. The Hall–Kier alpha value is -4.88. The fourth-order valence-electron chi connectivity index (χ4n) is 13.0. The molecule has 6 aromatic carbocycles. The van der Waals surface area contributed by atoms with Crippen molar-refractivity contribution >= 4 is 17.1 Å². The van der Waals surface area contributed by atoms with Crippen LogP contribution < -0.4 is 4.90 Å². The van der Waals surface area contributed by atoms with Crippen LogP contribution in [0.3, 0.4) is 0 Å². The molecule has 0 radical (unpaired) electrons. The van der Waals surface area contributed by atoms with E-state index >= 15 is 0 Å². The molecule has 0 aromatic heterocycles. The zero-order chi connectivity index (χ0) is 37.1. The van der Waals surface area contributed by atoms with Crippen molar-refractivity contribution in [3.8, 4) is 33.4 Å². The van der Waals surface area contributed by atoms with Gasteiger partial charge < -0.3 is 4.90 Å². The Morgan fingerprint density at radius 1 is 0.455 bits per heavy atom. The molecule has 4 saturated carbocycles. The highest BCUT2D eigenvalue weighted by Crippen LogP contribution is 2.70. The Kier molecular flexibility index (Phi) is 7.34. The van der Waals surface area contributed by atoms with E-state index in [0.717, 1.165) is 23.7 Å². The Bertz CT molecular complexity index is 2400. The maximum absolute atomic E-state index is 2.62. The number of hydrogen-bond donors (Lipinski definition) is 0. The number of anilines is 3. The van der Waals surface area contributed by atoms with E-state index in [1.54, 1.807) is 11.1 Å². The van der Waals surface area contributed by atoms with Gasteiger partial charge in [0, 0.05) is 16.8 Å². The molecule has 6 aliphatic rings. The Labute approximate surface area is 328 Å². The molecule has 6 aliphatic carbocycles. The van der Waals surface area contributed by atoms with Crippen molar-refractivity contribution in [2.24, 2.45) is 23.7 Å². The van der Waals surface area contributed by atoms with Crippen LogP contribution in [0.5, 0.6) is 0 Å². The molecule has 0 unspecified atom stereocenters. The third-order valence-corrected chi connectivity index (χ3v) is 15.3. The highest BCUT2D eigenvalue weighted by atomic mass is 15.1. The largest absolute Gasteiger partial charge is 0.310 e. The summed E-state index contributed by atoms with van der Waals surface area (Å²) in [5.74, 6) is 3.30. The first-order valence-electron chi connectivity index (χ1n) is 21.2. The van der Waals surface area contributed by atoms with Crippen molar-refractivity contribution in [1.82, 2.24) is 0 Å². The first kappa shape index (κ1) is 33.5. The van der Waals surface area contributed by atoms with E-state index in [-0.39, 0.29) is 16.2 Å². The van der Waals surface area contributed by atoms with Gasteiger partial charge in [0.25, 0.3) is 0 Å². The summed E-state index contributed by atoms with van der Waals surface area (Å²) >= 11 is 0. The molecule has 1 nitrogen and oxygen atoms in total. The van der Waals surface area contributed by atoms with Gasteiger partial charge >= 0.3 is 0 Å². The number of nitrogens with zero attached hydrogens (tertiary/aromatic N) is 1. The first-order chi connectivity index (χ1) is 26.7. The van der Waals surface area contributed by atoms with Gasteiger partial charge in [-0.3, -0.25) is 0 Å². The summed E-state index contributed by atoms with van der Waals surface area (Å²) in [4.78, 5) is 2.61. The summed E-state index contributed by atoms with van der Waals surface area (Å²) in [6, 6.07) is 53.6. The quantitative estimate of drug-likeness (QED) is 0.172. The topological polar surface area (TPSA) is 3.24 Å². The molecular weight excluding hydrogens is 663 g/mol. The second-order valence-electron chi connectivity index (χ2n) is 19.2. The van der Waals surface area contributed by atoms with Crippen molar-refractivity contribution in [3.05, 3.63) is 162 Å². The highest BCUT2D eigenvalue weighted by Gasteiger charge is 2.62. The van der Waals surface area contributed by atoms with Gasteiger partial charge in [-0.05, 0) is 165 Å². The minimum atomic E-state index is 0.0535. The van der Waals surface area contributed by atoms with Gasteiger partial charge in [-0.25, -0.2) is 0 Å². The molecule has 0 heterocycles. The van der Waals surface area contributed by atoms with E-state index in [2.05, 4.69) is 172 Å². The van der Waals surface area contributed by atoms with E-state index in [1.165, 1.54) is 107 Å². The van der Waals surface area contributed by atoms with Crippen molar-refractivity contribution in [3.63, 3.8) is 0 Å². The molecule has 4 bridgehead atoms. The summed E-state index contributed by atoms with van der Waals surface area (Å²) in [5.41, 5.74) is 18.5. The third kappa shape index (κ3) is 4.90. The molecule has 12 rings (SSSR count). The lowest BCUT2D eigenvalue weighted by atomic mass is 9.43. The van der Waals surface area contributed by atoms with Crippen LogP contribution in [0.15, 0.2) is 140 Å². The average Bonchev–Trinajstić information content (AvgIpc) is 3.50. The van der Waals surface area contributed by atoms with Crippen LogP contribution in [0.25, 0.3) is 33.4 Å². The summed E-state index contributed by atoms with van der Waals surface area (Å²) in [5, 5.41) is 0. The van der Waals surface area contributed by atoms with E-state index < -0.39 is 0 Å². The molecule has 1 heteroatoms. The number of hydrogen-bond acceptors (Lipinski definition) is 1. The lowest BCUT2D eigenvalue weighted by Gasteiger charge is -2.61. The molecular formula is C54H53N. The van der Waals surface area contributed by atoms with Crippen molar-refractivity contribution in [2.45, 2.75) is 88.9 Å². The van der Waals surface area contributed by atoms with Gasteiger partial charge in [-0.1, -0.05) is 137 Å². The fraction of sp³-hybridized carbons (Fsp3) is 0.333. The summed E-state index contributed by atoms with van der Waals surface area (Å²) in [6.07, 6.45) is 9.42. The van der Waals surface area contributed by atoms with Crippen LogP contribution in [0, 0.1) is 23.7 Å². The van der Waals surface area contributed by atoms with Crippen molar-refractivity contribution in [2.75, 3.05) is 4.90 Å². The van der Waals surface area contributed by atoms with Crippen LogP contribution >= 0.6 is 0 Å². The van der Waals surface area contributed by atoms with Crippen LogP contribution in [0.1, 0.15) is 94.9 Å². The van der Waals surface area contributed by atoms with Gasteiger partial charge in [-0.2, -0.15) is 0 Å². The molecule has 0 N–H and O–H groups in total. The molecule has 55 heavy (non-hydrogen) atoms. The SMILES string of the molecule is CC1(C)CCC(C)(C)c2c(N(c3ccc(-c4ccccc4)cc3)c3ccc4c(c3)-c3c(-c5ccccc5)cccc3C43C4CC5CC(C4)CC3C5)cccc21. The summed E-state index contributed by atoms with van der Waals surface area (Å²) < 4.78 is 0. The normalized spacial score (nSPS) is 26.0. The van der Waals surface area contributed by atoms with Gasteiger partial charge in [0.15, 0.2) is 0 Å². The summed E-state index contributed by atoms with van der Waals surface area (Å²) in [7, 11) is 0. The molecule has 274 valence electrons. The van der Waals surface area contributed by atoms with Crippen LogP contribution in [-0.2, 0) is 16.2 Å². The maximum Gasteiger partial charge on any atom is 0.0502 e. The second-order valence-corrected chi connectivity index (χ2v) is 19.2. The summed E-state index contributed by atoms with van der Waals surface area (Å²) in [6.45, 7) is 9.85. The molecule has 4 fully saturated rings. The van der Waals surface area contributed by atoms with E-state index in [0.29, 0.717) is 0 Å². The number of benzene rings is 6. The first-order valence-corrected chi connectivity index (χ1v) is 21.2. The molecule has 0 aliphatic heterocycles. The molecule has 1 spiro atoms. The van der Waals surface area contributed by atoms with Crippen LogP contribution in [-0.4, -0.2) is 0 Å². The smallest absolute Gasteiger partial charge is 0.0502 e. The fourth-order valence-corrected chi connectivity index (χ4v) is 13.0. The second kappa shape index (κ2) is 12.1. The Morgan fingerprint density at radius 2 is 1.04 bits per heavy atom. The molecule has 0 amide bonds. The minimum Gasteiger partial charge on any atom is -0.310 e. The van der Waals surface area contributed by atoms with Gasteiger partial charge in [0.05, 0.1) is 5.69 Å². The third-order valence-electron chi connectivity index (χ3n) is 15.3. The maximum atomic E-state index is 2.62. The standard InChI is InChI=1S/C54H53N/c1-52(2)27-28-53(3,4)51-48(52)19-12-20-49(51)55(42-23-21-38(22-24-42)37-13-7-5-8-14-37)43-25-26-46-45(34-43)50-44(39-15-9-6-10-16-39)17-11-18-47(50)54(46)40-30-35-29-36(32-40)33-41(54)31-35/h5-26,34-36,40-41H,27-33H2,1-4H3. The minimum absolute atomic E-state index is 0.0535. The van der Waals surface area contributed by atoms with Crippen LogP contribution in [0.4, 0.5) is 17.1 Å². The zero-order valence-corrected chi connectivity index (χ0v) is 33.0. The van der Waals surface area contributed by atoms with Gasteiger partial charge in [-0.15, -0.1) is 0 Å². The van der Waals surface area contributed by atoms with Crippen molar-refractivity contribution in [1.29, 1.82) is 0 Å². The van der Waals surface area contributed by atoms with E-state index in [9.17, 15) is 0 Å². The average molecular weight is 716 g/mol. The van der Waals surface area contributed by atoms with E-state index in [4.69, 9.17) is 0 Å². The predicted octanol–water partition coefficient (Wildman–Crippen LogP) is 14.6. The van der Waals surface area contributed by atoms with Gasteiger partial charge in [0.2, 0.25) is 0 Å². The van der Waals surface area contributed by atoms with E-state index in [1.807, 2.05) is 0 Å². The predicted molar refractivity (Wildman–Crippen MR) is 231 cm³/mol. The highest BCUT2D eigenvalue weighted by molar-refractivity contribution is 5.95. The lowest BCUT2D eigenvalue weighted by Crippen LogP contribution is -2.55. The van der Waals surface area contributed by atoms with Crippen LogP contribution in [0.2, 0.25) is 0 Å². The van der Waals surface area contributed by atoms with Gasteiger partial charge in [0.1, 0.15) is 0 Å². The zero-order valence-electron chi connectivity index (χ0n) is 33.0. The Balaban J connectivity index is 1.16. The van der Waals surface area contributed by atoms with Crippen molar-refractivity contribution < 1.29 is 0 Å². The molecule has 0 saturated heterocycles. The Morgan fingerprint density at radius 3 is 1.73 bits per heavy atom.